The summed E-state index contributed by atoms with van der Waals surface area (Å²) in [5, 5.41) is 7.81. The molecule has 0 saturated carbocycles. The van der Waals surface area contributed by atoms with Crippen LogP contribution < -0.4 is 5.32 Å². The summed E-state index contributed by atoms with van der Waals surface area (Å²) in [6.45, 7) is 3.50. The molecule has 4 unspecified atom stereocenters. The number of hydrogen-bond acceptors (Lipinski definition) is 4. The molecule has 5 rings (SSSR count). The molecule has 24 heavy (non-hydrogen) atoms. The molecule has 4 aliphatic rings. The number of halogens is 1. The van der Waals surface area contributed by atoms with Gasteiger partial charge in [-0.05, 0) is 44.8 Å². The quantitative estimate of drug-likeness (QED) is 0.863. The zero-order valence-corrected chi connectivity index (χ0v) is 14.6. The molecule has 1 aromatic heterocycles. The van der Waals surface area contributed by atoms with E-state index in [9.17, 15) is 4.79 Å². The van der Waals surface area contributed by atoms with E-state index in [-0.39, 0.29) is 18.3 Å². The Bertz CT molecular complexity index is 584. The molecule has 4 saturated heterocycles. The Morgan fingerprint density at radius 3 is 2.42 bits per heavy atom. The van der Waals surface area contributed by atoms with Gasteiger partial charge in [0.05, 0.1) is 12.2 Å². The molecule has 1 aromatic rings. The first-order valence-corrected chi connectivity index (χ1v) is 8.94. The van der Waals surface area contributed by atoms with Crippen LogP contribution in [-0.2, 0) is 15.1 Å². The molecular weight excluding hydrogens is 328 g/mol. The van der Waals surface area contributed by atoms with Crippen molar-refractivity contribution in [2.24, 2.45) is 11.8 Å². The Kier molecular flexibility index (Phi) is 4.09. The Labute approximate surface area is 148 Å². The number of fused-ring (bicyclic) bond motifs is 5. The van der Waals surface area contributed by atoms with E-state index in [1.165, 1.54) is 12.8 Å². The van der Waals surface area contributed by atoms with Gasteiger partial charge in [-0.2, -0.15) is 5.10 Å². The lowest BCUT2D eigenvalue weighted by molar-refractivity contribution is -0.142. The number of rotatable bonds is 2. The summed E-state index contributed by atoms with van der Waals surface area (Å²) < 4.78 is 7.96. The maximum absolute atomic E-state index is 13.5. The van der Waals surface area contributed by atoms with E-state index >= 15 is 0 Å². The molecule has 6 nitrogen and oxygen atoms in total. The van der Waals surface area contributed by atoms with Crippen LogP contribution in [0.5, 0.6) is 0 Å². The summed E-state index contributed by atoms with van der Waals surface area (Å²) >= 11 is 0. The van der Waals surface area contributed by atoms with Crippen molar-refractivity contribution in [3.05, 3.63) is 18.5 Å². The summed E-state index contributed by atoms with van der Waals surface area (Å²) in [4.78, 5) is 15.6. The van der Waals surface area contributed by atoms with Gasteiger partial charge in [-0.3, -0.25) is 9.48 Å². The molecule has 0 radical (unpaired) electrons. The minimum Gasteiger partial charge on any atom is -0.374 e. The molecule has 4 fully saturated rings. The Balaban J connectivity index is 0.00000146. The fraction of sp³-hybridized carbons (Fsp3) is 0.765. The molecule has 2 bridgehead atoms. The van der Waals surface area contributed by atoms with Crippen LogP contribution in [-0.4, -0.2) is 59.0 Å². The summed E-state index contributed by atoms with van der Waals surface area (Å²) in [5.41, 5.74) is -0.493. The Morgan fingerprint density at radius 1 is 1.17 bits per heavy atom. The lowest BCUT2D eigenvalue weighted by Gasteiger charge is -2.39. The number of nitrogens with zero attached hydrogens (tertiary/aromatic N) is 3. The first-order chi connectivity index (χ1) is 11.3. The highest BCUT2D eigenvalue weighted by molar-refractivity contribution is 5.85. The third-order valence-corrected chi connectivity index (χ3v) is 6.51. The van der Waals surface area contributed by atoms with Crippen LogP contribution in [0.4, 0.5) is 0 Å². The fourth-order valence-corrected chi connectivity index (χ4v) is 5.32. The lowest BCUT2D eigenvalue weighted by atomic mass is 9.82. The summed E-state index contributed by atoms with van der Waals surface area (Å²) in [5.74, 6) is 1.40. The predicted molar refractivity (Wildman–Crippen MR) is 91.0 cm³/mol. The van der Waals surface area contributed by atoms with Crippen LogP contribution in [0.3, 0.4) is 0 Å². The molecular formula is C17H25ClN4O2. The average Bonchev–Trinajstić information content (AvgIpc) is 3.37. The highest BCUT2D eigenvalue weighted by atomic mass is 35.5. The van der Waals surface area contributed by atoms with Gasteiger partial charge < -0.3 is 15.0 Å². The zero-order chi connectivity index (χ0) is 15.4. The van der Waals surface area contributed by atoms with Crippen LogP contribution in [0.2, 0.25) is 0 Å². The number of nitrogens with one attached hydrogen (secondary N) is 1. The van der Waals surface area contributed by atoms with Gasteiger partial charge in [0.1, 0.15) is 5.54 Å². The summed E-state index contributed by atoms with van der Waals surface area (Å²) in [6, 6.07) is 1.92. The van der Waals surface area contributed by atoms with E-state index in [1.54, 1.807) is 6.20 Å². The van der Waals surface area contributed by atoms with E-state index in [1.807, 2.05) is 16.9 Å². The van der Waals surface area contributed by atoms with Crippen LogP contribution in [0.1, 0.15) is 25.7 Å². The summed E-state index contributed by atoms with van der Waals surface area (Å²) in [6.07, 6.45) is 8.54. The van der Waals surface area contributed by atoms with Crippen molar-refractivity contribution in [1.29, 1.82) is 0 Å². The maximum Gasteiger partial charge on any atom is 0.250 e. The van der Waals surface area contributed by atoms with Crippen LogP contribution in [0.15, 0.2) is 18.5 Å². The van der Waals surface area contributed by atoms with Gasteiger partial charge in [0.2, 0.25) is 0 Å². The van der Waals surface area contributed by atoms with Gasteiger partial charge >= 0.3 is 0 Å². The van der Waals surface area contributed by atoms with Crippen LogP contribution in [0.25, 0.3) is 0 Å². The number of aromatic nitrogens is 2. The van der Waals surface area contributed by atoms with Gasteiger partial charge in [0.15, 0.2) is 0 Å². The Morgan fingerprint density at radius 2 is 1.83 bits per heavy atom. The third-order valence-electron chi connectivity index (χ3n) is 6.51. The van der Waals surface area contributed by atoms with E-state index < -0.39 is 5.54 Å². The standard InChI is InChI=1S/C17H24N4O2.ClH/c22-16(17(4-7-18-8-5-17)21-9-1-6-19-21)20-10-12-13(11-20)15-3-2-14(12)23-15;/h1,6,9,12-15,18H,2-5,7-8,10-11H2;1H. The monoisotopic (exact) mass is 352 g/mol. The van der Waals surface area contributed by atoms with Gasteiger partial charge in [0.25, 0.3) is 5.91 Å². The van der Waals surface area contributed by atoms with Gasteiger partial charge in [0, 0.05) is 37.3 Å². The molecule has 132 valence electrons. The third kappa shape index (κ3) is 2.23. The topological polar surface area (TPSA) is 59.4 Å². The molecule has 1 N–H and O–H groups in total. The van der Waals surface area contributed by atoms with Crippen molar-refractivity contribution < 1.29 is 9.53 Å². The smallest absolute Gasteiger partial charge is 0.250 e. The van der Waals surface area contributed by atoms with Gasteiger partial charge in [-0.25, -0.2) is 0 Å². The SMILES string of the molecule is Cl.O=C(N1CC2C3CCC(O3)C2C1)C1(n2cccn2)CCNCC1. The number of likely N-dealkylation sites (tertiary alicyclic amines) is 1. The highest BCUT2D eigenvalue weighted by Crippen LogP contribution is 2.48. The second-order valence-corrected chi connectivity index (χ2v) is 7.56. The maximum atomic E-state index is 13.5. The van der Waals surface area contributed by atoms with Crippen molar-refractivity contribution in [2.45, 2.75) is 43.4 Å². The van der Waals surface area contributed by atoms with Gasteiger partial charge in [-0.1, -0.05) is 0 Å². The van der Waals surface area contributed by atoms with Gasteiger partial charge in [-0.15, -0.1) is 12.4 Å². The van der Waals surface area contributed by atoms with Crippen molar-refractivity contribution in [3.8, 4) is 0 Å². The molecule has 0 aromatic carbocycles. The number of hydrogen-bond donors (Lipinski definition) is 1. The highest BCUT2D eigenvalue weighted by Gasteiger charge is 2.56. The number of piperidine rings is 1. The molecule has 4 atom stereocenters. The van der Waals surface area contributed by atoms with Crippen LogP contribution in [0, 0.1) is 11.8 Å². The normalized spacial score (nSPS) is 36.4. The van der Waals surface area contributed by atoms with Crippen molar-refractivity contribution >= 4 is 18.3 Å². The van der Waals surface area contributed by atoms with Crippen molar-refractivity contribution in [2.75, 3.05) is 26.2 Å². The van der Waals surface area contributed by atoms with Crippen molar-refractivity contribution in [1.82, 2.24) is 20.0 Å². The number of ether oxygens (including phenoxy) is 1. The molecule has 0 spiro atoms. The Hall–Kier alpha value is -1.11. The fourth-order valence-electron chi connectivity index (χ4n) is 5.32. The lowest BCUT2D eigenvalue weighted by Crippen LogP contribution is -2.55. The molecule has 4 aliphatic heterocycles. The first-order valence-electron chi connectivity index (χ1n) is 8.94. The van der Waals surface area contributed by atoms with E-state index in [4.69, 9.17) is 4.74 Å². The minimum absolute atomic E-state index is 0. The number of carbonyl (C=O) groups is 1. The van der Waals surface area contributed by atoms with E-state index in [0.29, 0.717) is 24.0 Å². The summed E-state index contributed by atoms with van der Waals surface area (Å²) in [7, 11) is 0. The second-order valence-electron chi connectivity index (χ2n) is 7.56. The van der Waals surface area contributed by atoms with E-state index in [0.717, 1.165) is 39.0 Å². The molecule has 5 heterocycles. The number of carbonyl (C=O) groups excluding carboxylic acids is 1. The zero-order valence-electron chi connectivity index (χ0n) is 13.8. The average molecular weight is 353 g/mol. The largest absolute Gasteiger partial charge is 0.374 e. The molecule has 7 heteroatoms. The van der Waals surface area contributed by atoms with E-state index in [2.05, 4.69) is 15.3 Å². The molecule has 0 aliphatic carbocycles. The van der Waals surface area contributed by atoms with Crippen LogP contribution >= 0.6 is 12.4 Å². The predicted octanol–water partition coefficient (Wildman–Crippen LogP) is 1.02. The number of amides is 1. The minimum atomic E-state index is -0.493. The van der Waals surface area contributed by atoms with Crippen molar-refractivity contribution in [3.63, 3.8) is 0 Å². The first kappa shape index (κ1) is 16.4. The second kappa shape index (κ2) is 6.00. The molecule has 1 amide bonds.